The monoisotopic (exact) mass is 401 g/mol. The maximum Gasteiger partial charge on any atom is 0.255 e. The number of fused-ring (bicyclic) bond motifs is 1. The van der Waals surface area contributed by atoms with Crippen molar-refractivity contribution in [3.63, 3.8) is 0 Å². The van der Waals surface area contributed by atoms with Crippen LogP contribution in [0.4, 0.5) is 5.69 Å². The molecule has 2 N–H and O–H groups in total. The van der Waals surface area contributed by atoms with Gasteiger partial charge in [0.05, 0.1) is 5.71 Å². The van der Waals surface area contributed by atoms with Crippen LogP contribution in [0.3, 0.4) is 0 Å². The summed E-state index contributed by atoms with van der Waals surface area (Å²) in [4.78, 5) is 12.6. The molecule has 1 aliphatic heterocycles. The SMILES string of the molecule is CCS[C@H]1NN=C(c2ccc(C)c(NC(=O)c3ccccc3)c2)c2ccccc21. The van der Waals surface area contributed by atoms with Crippen LogP contribution in [0.1, 0.15) is 44.9 Å². The number of carbonyl (C=O) groups excluding carboxylic acids is 1. The number of benzene rings is 3. The van der Waals surface area contributed by atoms with Gasteiger partial charge in [0.25, 0.3) is 5.91 Å². The van der Waals surface area contributed by atoms with Crippen molar-refractivity contribution < 1.29 is 4.79 Å². The number of hydrazone groups is 1. The number of carbonyl (C=O) groups is 1. The Hall–Kier alpha value is -3.05. The molecule has 0 radical (unpaired) electrons. The Bertz CT molecular complexity index is 1060. The van der Waals surface area contributed by atoms with Gasteiger partial charge in [-0.3, -0.25) is 10.2 Å². The molecule has 0 fully saturated rings. The number of anilines is 1. The van der Waals surface area contributed by atoms with Gasteiger partial charge >= 0.3 is 0 Å². The molecule has 1 atom stereocenters. The van der Waals surface area contributed by atoms with E-state index in [1.54, 1.807) is 0 Å². The van der Waals surface area contributed by atoms with Gasteiger partial charge < -0.3 is 5.32 Å². The topological polar surface area (TPSA) is 53.5 Å². The lowest BCUT2D eigenvalue weighted by Crippen LogP contribution is -2.25. The van der Waals surface area contributed by atoms with Gasteiger partial charge in [0, 0.05) is 22.4 Å². The van der Waals surface area contributed by atoms with Crippen molar-refractivity contribution in [2.24, 2.45) is 5.10 Å². The molecule has 4 rings (SSSR count). The molecule has 0 aromatic heterocycles. The van der Waals surface area contributed by atoms with Gasteiger partial charge in [0.2, 0.25) is 0 Å². The standard InChI is InChI=1S/C24H23N3OS/c1-3-29-24-20-12-8-7-11-19(20)22(26-27-24)18-14-13-16(2)21(15-18)25-23(28)17-9-5-4-6-10-17/h4-15,24,27H,3H2,1-2H3,(H,25,28)/t24-/m1/s1. The Balaban J connectivity index is 1.66. The molecule has 3 aromatic carbocycles. The molecular weight excluding hydrogens is 378 g/mol. The summed E-state index contributed by atoms with van der Waals surface area (Å²) in [7, 11) is 0. The van der Waals surface area contributed by atoms with E-state index in [9.17, 15) is 4.79 Å². The zero-order chi connectivity index (χ0) is 20.2. The summed E-state index contributed by atoms with van der Waals surface area (Å²) in [6, 6.07) is 23.7. The van der Waals surface area contributed by atoms with Gasteiger partial charge in [-0.1, -0.05) is 61.5 Å². The average Bonchev–Trinajstić information content (AvgIpc) is 2.76. The van der Waals surface area contributed by atoms with E-state index in [4.69, 9.17) is 0 Å². The zero-order valence-electron chi connectivity index (χ0n) is 16.5. The molecule has 0 spiro atoms. The second-order valence-electron chi connectivity index (χ2n) is 6.86. The first-order chi connectivity index (χ1) is 14.2. The number of aryl methyl sites for hydroxylation is 1. The van der Waals surface area contributed by atoms with Crippen LogP contribution < -0.4 is 10.7 Å². The maximum absolute atomic E-state index is 12.6. The van der Waals surface area contributed by atoms with E-state index in [-0.39, 0.29) is 11.3 Å². The number of hydrogen-bond acceptors (Lipinski definition) is 4. The van der Waals surface area contributed by atoms with Gasteiger partial charge in [0.15, 0.2) is 0 Å². The second-order valence-corrected chi connectivity index (χ2v) is 8.24. The molecule has 0 unspecified atom stereocenters. The van der Waals surface area contributed by atoms with E-state index in [0.717, 1.165) is 33.8 Å². The molecular formula is C24H23N3OS. The average molecular weight is 402 g/mol. The highest BCUT2D eigenvalue weighted by molar-refractivity contribution is 7.99. The van der Waals surface area contributed by atoms with E-state index in [1.165, 1.54) is 5.56 Å². The summed E-state index contributed by atoms with van der Waals surface area (Å²) in [5, 5.41) is 7.88. The molecule has 0 saturated heterocycles. The maximum atomic E-state index is 12.6. The Morgan fingerprint density at radius 1 is 1.07 bits per heavy atom. The van der Waals surface area contributed by atoms with Gasteiger partial charge in [-0.15, -0.1) is 11.8 Å². The lowest BCUT2D eigenvalue weighted by Gasteiger charge is -2.26. The Kier molecular flexibility index (Phi) is 5.67. The van der Waals surface area contributed by atoms with E-state index in [1.807, 2.05) is 67.2 Å². The third kappa shape index (κ3) is 4.05. The quantitative estimate of drug-likeness (QED) is 0.605. The molecule has 3 aromatic rings. The lowest BCUT2D eigenvalue weighted by molar-refractivity contribution is 0.102. The van der Waals surface area contributed by atoms with Crippen LogP contribution in [0.5, 0.6) is 0 Å². The first kappa shape index (κ1) is 19.3. The summed E-state index contributed by atoms with van der Waals surface area (Å²) in [5.74, 6) is 0.895. The number of amides is 1. The van der Waals surface area contributed by atoms with Gasteiger partial charge in [0.1, 0.15) is 5.37 Å². The second kappa shape index (κ2) is 8.53. The van der Waals surface area contributed by atoms with Gasteiger partial charge in [-0.2, -0.15) is 5.10 Å². The Morgan fingerprint density at radius 2 is 1.83 bits per heavy atom. The highest BCUT2D eigenvalue weighted by atomic mass is 32.2. The zero-order valence-corrected chi connectivity index (χ0v) is 17.3. The minimum Gasteiger partial charge on any atom is -0.322 e. The highest BCUT2D eigenvalue weighted by Gasteiger charge is 2.23. The van der Waals surface area contributed by atoms with E-state index >= 15 is 0 Å². The smallest absolute Gasteiger partial charge is 0.255 e. The van der Waals surface area contributed by atoms with Crippen LogP contribution >= 0.6 is 11.8 Å². The first-order valence-corrected chi connectivity index (χ1v) is 10.7. The van der Waals surface area contributed by atoms with E-state index in [0.29, 0.717) is 5.56 Å². The number of nitrogens with zero attached hydrogens (tertiary/aromatic N) is 1. The van der Waals surface area contributed by atoms with Gasteiger partial charge in [-0.05, 0) is 42.0 Å². The first-order valence-electron chi connectivity index (χ1n) is 9.69. The number of rotatable bonds is 5. The van der Waals surface area contributed by atoms with Crippen LogP contribution in [-0.2, 0) is 0 Å². The molecule has 0 aliphatic carbocycles. The third-order valence-electron chi connectivity index (χ3n) is 4.92. The van der Waals surface area contributed by atoms with Crippen molar-refractivity contribution in [2.75, 3.05) is 11.1 Å². The summed E-state index contributed by atoms with van der Waals surface area (Å²) in [6.45, 7) is 4.14. The van der Waals surface area contributed by atoms with E-state index < -0.39 is 0 Å². The molecule has 1 aliphatic rings. The number of thioether (sulfide) groups is 1. The number of hydrogen-bond donors (Lipinski definition) is 2. The normalized spacial score (nSPS) is 15.1. The van der Waals surface area contributed by atoms with Crippen molar-refractivity contribution in [2.45, 2.75) is 19.2 Å². The molecule has 4 nitrogen and oxygen atoms in total. The summed E-state index contributed by atoms with van der Waals surface area (Å²) >= 11 is 1.83. The summed E-state index contributed by atoms with van der Waals surface area (Å²) < 4.78 is 0. The summed E-state index contributed by atoms with van der Waals surface area (Å²) in [5.41, 5.74) is 9.96. The molecule has 29 heavy (non-hydrogen) atoms. The lowest BCUT2D eigenvalue weighted by atomic mass is 9.95. The molecule has 146 valence electrons. The van der Waals surface area contributed by atoms with Crippen molar-refractivity contribution in [1.82, 2.24) is 5.43 Å². The van der Waals surface area contributed by atoms with Crippen molar-refractivity contribution in [3.8, 4) is 0 Å². The van der Waals surface area contributed by atoms with Crippen LogP contribution in [0, 0.1) is 6.92 Å². The number of nitrogens with one attached hydrogen (secondary N) is 2. The third-order valence-corrected chi connectivity index (χ3v) is 5.95. The van der Waals surface area contributed by atoms with Crippen LogP contribution in [0.25, 0.3) is 0 Å². The van der Waals surface area contributed by atoms with Crippen molar-refractivity contribution >= 4 is 29.1 Å². The van der Waals surface area contributed by atoms with Crippen molar-refractivity contribution in [1.29, 1.82) is 0 Å². The Labute approximate surface area is 175 Å². The van der Waals surface area contributed by atoms with Crippen LogP contribution in [0.2, 0.25) is 0 Å². The molecule has 5 heteroatoms. The van der Waals surface area contributed by atoms with Crippen molar-refractivity contribution in [3.05, 3.63) is 101 Å². The molecule has 1 heterocycles. The summed E-state index contributed by atoms with van der Waals surface area (Å²) in [6.07, 6.45) is 0. The molecule has 0 saturated carbocycles. The molecule has 0 bridgehead atoms. The fourth-order valence-electron chi connectivity index (χ4n) is 3.40. The van der Waals surface area contributed by atoms with Crippen LogP contribution in [-0.4, -0.2) is 17.4 Å². The fourth-order valence-corrected chi connectivity index (χ4v) is 4.24. The predicted molar refractivity (Wildman–Crippen MR) is 122 cm³/mol. The van der Waals surface area contributed by atoms with Gasteiger partial charge in [-0.25, -0.2) is 0 Å². The minimum absolute atomic E-state index is 0.116. The highest BCUT2D eigenvalue weighted by Crippen LogP contribution is 2.33. The van der Waals surface area contributed by atoms with Crippen LogP contribution in [0.15, 0.2) is 77.9 Å². The fraction of sp³-hybridized carbons (Fsp3) is 0.167. The van der Waals surface area contributed by atoms with E-state index in [2.05, 4.69) is 47.0 Å². The largest absolute Gasteiger partial charge is 0.322 e. The predicted octanol–water partition coefficient (Wildman–Crippen LogP) is 5.35. The molecule has 1 amide bonds. The minimum atomic E-state index is -0.116. The Morgan fingerprint density at radius 3 is 2.62 bits per heavy atom.